The lowest BCUT2D eigenvalue weighted by Gasteiger charge is -2.05. The molecule has 3 aromatic rings. The Morgan fingerprint density at radius 1 is 0.842 bits per heavy atom. The highest BCUT2D eigenvalue weighted by atomic mass is 19.1. The van der Waals surface area contributed by atoms with Crippen LogP contribution in [-0.4, -0.2) is 11.6 Å². The predicted molar refractivity (Wildman–Crippen MR) is 70.1 cm³/mol. The van der Waals surface area contributed by atoms with Crippen LogP contribution in [-0.2, 0) is 0 Å². The first-order valence-electron chi connectivity index (χ1n) is 5.91. The first-order chi connectivity index (χ1) is 9.16. The van der Waals surface area contributed by atoms with Crippen molar-refractivity contribution in [2.75, 3.05) is 0 Å². The third-order valence-corrected chi connectivity index (χ3v) is 3.62. The molecule has 0 bridgehead atoms. The van der Waals surface area contributed by atoms with Gasteiger partial charge >= 0.3 is 0 Å². The van der Waals surface area contributed by atoms with Gasteiger partial charge in [0.15, 0.2) is 0 Å². The molecule has 0 unspecified atom stereocenters. The highest BCUT2D eigenvalue weighted by Gasteiger charge is 2.32. The highest BCUT2D eigenvalue weighted by molar-refractivity contribution is 6.59. The molecular weight excluding hydrogens is 243 g/mol. The molecule has 4 rings (SSSR count). The summed E-state index contributed by atoms with van der Waals surface area (Å²) >= 11 is 0. The van der Waals surface area contributed by atoms with Crippen molar-refractivity contribution in [3.05, 3.63) is 59.4 Å². The van der Waals surface area contributed by atoms with E-state index >= 15 is 0 Å². The van der Waals surface area contributed by atoms with Crippen LogP contribution in [0.3, 0.4) is 0 Å². The van der Waals surface area contributed by atoms with Crippen molar-refractivity contribution in [1.29, 1.82) is 0 Å². The lowest BCUT2D eigenvalue weighted by molar-refractivity contribution is 0.0826. The molecule has 0 N–H and O–H groups in total. The monoisotopic (exact) mass is 250 g/mol. The Bertz CT molecular complexity index is 909. The maximum Gasteiger partial charge on any atom is 0.234 e. The molecule has 1 aliphatic rings. The van der Waals surface area contributed by atoms with Crippen LogP contribution in [0, 0.1) is 5.82 Å². The van der Waals surface area contributed by atoms with Crippen molar-refractivity contribution >= 4 is 33.1 Å². The van der Waals surface area contributed by atoms with Gasteiger partial charge in [-0.25, -0.2) is 4.39 Å². The molecule has 0 spiro atoms. The Balaban J connectivity index is 2.35. The van der Waals surface area contributed by atoms with E-state index in [1.54, 1.807) is 18.2 Å². The average Bonchev–Trinajstić information content (AvgIpc) is 2.67. The summed E-state index contributed by atoms with van der Waals surface area (Å²) in [6, 6.07) is 11.4. The molecule has 0 aromatic heterocycles. The number of hydrogen-bond donors (Lipinski definition) is 0. The fraction of sp³-hybridized carbons (Fsp3) is 0. The maximum atomic E-state index is 13.4. The molecule has 0 aliphatic heterocycles. The van der Waals surface area contributed by atoms with Gasteiger partial charge in [-0.1, -0.05) is 24.3 Å². The molecule has 1 aliphatic carbocycles. The lowest BCUT2D eigenvalue weighted by Crippen LogP contribution is -2.06. The maximum absolute atomic E-state index is 13.4. The molecule has 0 heterocycles. The number of halogens is 1. The number of carbonyl (C=O) groups excluding carboxylic acids is 2. The van der Waals surface area contributed by atoms with Crippen LogP contribution >= 0.6 is 0 Å². The summed E-state index contributed by atoms with van der Waals surface area (Å²) in [6.07, 6.45) is 0. The van der Waals surface area contributed by atoms with E-state index in [2.05, 4.69) is 0 Å². The number of ketones is 2. The minimum atomic E-state index is -0.539. The van der Waals surface area contributed by atoms with Crippen molar-refractivity contribution in [3.63, 3.8) is 0 Å². The number of fused-ring (bicyclic) bond motifs is 2. The predicted octanol–water partition coefficient (Wildman–Crippen LogP) is 3.51. The standard InChI is InChI=1S/C16H7FO2/c17-10-5-4-8-6-9-2-1-3-11-13(9)14(12(8)7-10)16(19)15(11)18/h1-7H. The van der Waals surface area contributed by atoms with Gasteiger partial charge < -0.3 is 0 Å². The van der Waals surface area contributed by atoms with Gasteiger partial charge in [0, 0.05) is 16.5 Å². The van der Waals surface area contributed by atoms with E-state index in [9.17, 15) is 14.0 Å². The lowest BCUT2D eigenvalue weighted by atomic mass is 9.97. The fourth-order valence-electron chi connectivity index (χ4n) is 2.80. The Morgan fingerprint density at radius 3 is 2.53 bits per heavy atom. The first kappa shape index (κ1) is 10.4. The fourth-order valence-corrected chi connectivity index (χ4v) is 2.80. The summed E-state index contributed by atoms with van der Waals surface area (Å²) in [4.78, 5) is 24.1. The summed E-state index contributed by atoms with van der Waals surface area (Å²) < 4.78 is 13.4. The molecular formula is C16H7FO2. The topological polar surface area (TPSA) is 34.1 Å². The first-order valence-corrected chi connectivity index (χ1v) is 5.91. The number of carbonyl (C=O) groups is 2. The Hall–Kier alpha value is -2.55. The molecule has 0 atom stereocenters. The second-order valence-electron chi connectivity index (χ2n) is 4.68. The smallest absolute Gasteiger partial charge is 0.234 e. The second kappa shape index (κ2) is 3.26. The zero-order chi connectivity index (χ0) is 13.1. The molecule has 2 nitrogen and oxygen atoms in total. The van der Waals surface area contributed by atoms with Gasteiger partial charge in [-0.3, -0.25) is 9.59 Å². The van der Waals surface area contributed by atoms with Crippen molar-refractivity contribution in [1.82, 2.24) is 0 Å². The van der Waals surface area contributed by atoms with Gasteiger partial charge in [0.05, 0.1) is 0 Å². The van der Waals surface area contributed by atoms with E-state index in [-0.39, 0.29) is 0 Å². The van der Waals surface area contributed by atoms with Crippen LogP contribution in [0.15, 0.2) is 42.5 Å². The molecule has 19 heavy (non-hydrogen) atoms. The van der Waals surface area contributed by atoms with Gasteiger partial charge in [-0.2, -0.15) is 0 Å². The van der Waals surface area contributed by atoms with Crippen LogP contribution in [0.25, 0.3) is 21.5 Å². The Morgan fingerprint density at radius 2 is 1.68 bits per heavy atom. The minimum absolute atomic E-state index is 0.340. The number of hydrogen-bond acceptors (Lipinski definition) is 2. The van der Waals surface area contributed by atoms with Gasteiger partial charge in [-0.05, 0) is 34.4 Å². The van der Waals surface area contributed by atoms with Gasteiger partial charge in [0.1, 0.15) is 5.82 Å². The van der Waals surface area contributed by atoms with E-state index in [0.29, 0.717) is 21.9 Å². The number of rotatable bonds is 0. The van der Waals surface area contributed by atoms with E-state index in [1.807, 2.05) is 12.1 Å². The summed E-state index contributed by atoms with van der Waals surface area (Å²) in [5, 5.41) is 2.77. The zero-order valence-corrected chi connectivity index (χ0v) is 9.74. The van der Waals surface area contributed by atoms with Gasteiger partial charge in [-0.15, -0.1) is 0 Å². The molecule has 90 valence electrons. The summed E-state index contributed by atoms with van der Waals surface area (Å²) in [5.41, 5.74) is 0.760. The van der Waals surface area contributed by atoms with Crippen LogP contribution in [0.4, 0.5) is 4.39 Å². The summed E-state index contributed by atoms with van der Waals surface area (Å²) in [7, 11) is 0. The minimum Gasteiger partial charge on any atom is -0.285 e. The quantitative estimate of drug-likeness (QED) is 0.452. The summed E-state index contributed by atoms with van der Waals surface area (Å²) in [6.45, 7) is 0. The van der Waals surface area contributed by atoms with E-state index in [0.717, 1.165) is 10.8 Å². The van der Waals surface area contributed by atoms with Gasteiger partial charge in [0.2, 0.25) is 11.6 Å². The molecule has 0 amide bonds. The molecule has 3 aromatic carbocycles. The molecule has 0 saturated heterocycles. The van der Waals surface area contributed by atoms with Crippen molar-refractivity contribution in [3.8, 4) is 0 Å². The van der Waals surface area contributed by atoms with Crippen LogP contribution < -0.4 is 0 Å². The van der Waals surface area contributed by atoms with Crippen LogP contribution in [0.1, 0.15) is 20.7 Å². The second-order valence-corrected chi connectivity index (χ2v) is 4.68. The molecule has 0 saturated carbocycles. The third-order valence-electron chi connectivity index (χ3n) is 3.62. The van der Waals surface area contributed by atoms with Crippen LogP contribution in [0.5, 0.6) is 0 Å². The number of benzene rings is 3. The Kier molecular flexibility index (Phi) is 1.78. The van der Waals surface area contributed by atoms with E-state index in [4.69, 9.17) is 0 Å². The largest absolute Gasteiger partial charge is 0.285 e. The Labute approximate surface area is 107 Å². The molecule has 3 heteroatoms. The number of Topliss-reactive ketones (excluding diaryl/α,β-unsaturated/α-hetero) is 2. The SMILES string of the molecule is O=C1C(=O)c2c3cc(F)ccc3cc3cccc1c23. The van der Waals surface area contributed by atoms with Gasteiger partial charge in [0.25, 0.3) is 0 Å². The molecule has 0 radical (unpaired) electrons. The molecule has 0 fully saturated rings. The highest BCUT2D eigenvalue weighted by Crippen LogP contribution is 2.36. The third kappa shape index (κ3) is 1.19. The van der Waals surface area contributed by atoms with Crippen molar-refractivity contribution < 1.29 is 14.0 Å². The van der Waals surface area contributed by atoms with Crippen molar-refractivity contribution in [2.24, 2.45) is 0 Å². The van der Waals surface area contributed by atoms with Crippen molar-refractivity contribution in [2.45, 2.75) is 0 Å². The average molecular weight is 250 g/mol. The normalized spacial score (nSPS) is 13.7. The van der Waals surface area contributed by atoms with E-state index in [1.165, 1.54) is 12.1 Å². The van der Waals surface area contributed by atoms with Crippen LogP contribution in [0.2, 0.25) is 0 Å². The van der Waals surface area contributed by atoms with E-state index < -0.39 is 17.4 Å². The zero-order valence-electron chi connectivity index (χ0n) is 9.74. The summed E-state index contributed by atoms with van der Waals surface area (Å²) in [5.74, 6) is -1.45.